The first-order valence-corrected chi connectivity index (χ1v) is 6.82. The lowest BCUT2D eigenvalue weighted by molar-refractivity contribution is -0.444. The molecule has 0 spiro atoms. The van der Waals surface area contributed by atoms with Gasteiger partial charge in [-0.2, -0.15) is 0 Å². The monoisotopic (exact) mass is 230 g/mol. The number of hydrogen-bond donors (Lipinski definition) is 0. The molecule has 0 aromatic carbocycles. The van der Waals surface area contributed by atoms with E-state index < -0.39 is 0 Å². The van der Waals surface area contributed by atoms with E-state index in [0.717, 1.165) is 19.3 Å². The summed E-state index contributed by atoms with van der Waals surface area (Å²) in [6.45, 7) is 6.80. The molecule has 0 aromatic rings. The fourth-order valence-corrected chi connectivity index (χ4v) is 2.89. The summed E-state index contributed by atoms with van der Waals surface area (Å²) in [5.74, 6) is 0.691. The summed E-state index contributed by atoms with van der Waals surface area (Å²) in [4.78, 5) is 0. The van der Waals surface area contributed by atoms with Crippen LogP contribution in [0.4, 0.5) is 0 Å². The van der Waals surface area contributed by atoms with E-state index in [9.17, 15) is 0 Å². The van der Waals surface area contributed by atoms with Crippen molar-refractivity contribution in [3.63, 3.8) is 0 Å². The van der Waals surface area contributed by atoms with E-state index in [-0.39, 0.29) is 0 Å². The van der Waals surface area contributed by atoms with Gasteiger partial charge in [-0.25, -0.2) is 4.58 Å². The maximum atomic E-state index is 2.40. The third-order valence-electron chi connectivity index (χ3n) is 4.27. The molecule has 1 heterocycles. The molecule has 1 nitrogen and oxygen atoms in total. The first kappa shape index (κ1) is 12.3. The molecule has 1 unspecified atom stereocenters. The van der Waals surface area contributed by atoms with Crippen LogP contribution < -0.4 is 0 Å². The third-order valence-corrected chi connectivity index (χ3v) is 4.27. The van der Waals surface area contributed by atoms with E-state index in [2.05, 4.69) is 50.6 Å². The second kappa shape index (κ2) is 5.03. The Bertz CT molecular complexity index is 432. The Morgan fingerprint density at radius 3 is 2.65 bits per heavy atom. The maximum absolute atomic E-state index is 2.40. The first-order valence-electron chi connectivity index (χ1n) is 6.82. The fraction of sp³-hybridized carbons (Fsp3) is 0.562. The van der Waals surface area contributed by atoms with Crippen molar-refractivity contribution < 1.29 is 4.58 Å². The van der Waals surface area contributed by atoms with Crippen LogP contribution in [0.5, 0.6) is 0 Å². The SMILES string of the molecule is CCC1=CCC(CC2=C(C)C(CC)C=C2)=[N+]1C. The lowest BCUT2D eigenvalue weighted by Crippen LogP contribution is -2.11. The Hall–Kier alpha value is -1.11. The minimum Gasteiger partial charge on any atom is -0.206 e. The summed E-state index contributed by atoms with van der Waals surface area (Å²) >= 11 is 0. The molecular weight excluding hydrogens is 206 g/mol. The molecule has 17 heavy (non-hydrogen) atoms. The summed E-state index contributed by atoms with van der Waals surface area (Å²) in [6.07, 6.45) is 11.7. The highest BCUT2D eigenvalue weighted by Crippen LogP contribution is 2.30. The minimum absolute atomic E-state index is 0.691. The molecule has 92 valence electrons. The molecule has 0 N–H and O–H groups in total. The van der Waals surface area contributed by atoms with Crippen molar-refractivity contribution in [2.75, 3.05) is 7.05 Å². The van der Waals surface area contributed by atoms with Crippen LogP contribution in [0.3, 0.4) is 0 Å². The van der Waals surface area contributed by atoms with Crippen LogP contribution >= 0.6 is 0 Å². The zero-order valence-electron chi connectivity index (χ0n) is 11.6. The zero-order chi connectivity index (χ0) is 12.4. The average Bonchev–Trinajstić information content (AvgIpc) is 2.85. The standard InChI is InChI=1S/C16H24N/c1-5-13-7-8-14(12(13)3)11-16-10-9-15(6-2)17(16)4/h7-9,13H,5-6,10-11H2,1-4H3/q+1. The van der Waals surface area contributed by atoms with Gasteiger partial charge in [-0.05, 0) is 30.9 Å². The fourth-order valence-electron chi connectivity index (χ4n) is 2.89. The Balaban J connectivity index is 2.12. The molecule has 0 fully saturated rings. The van der Waals surface area contributed by atoms with E-state index in [4.69, 9.17) is 0 Å². The largest absolute Gasteiger partial charge is 0.206 e. The molecule has 0 radical (unpaired) electrons. The van der Waals surface area contributed by atoms with Crippen molar-refractivity contribution in [3.05, 3.63) is 35.1 Å². The summed E-state index contributed by atoms with van der Waals surface area (Å²) in [6, 6.07) is 0. The summed E-state index contributed by atoms with van der Waals surface area (Å²) < 4.78 is 2.40. The Morgan fingerprint density at radius 1 is 1.35 bits per heavy atom. The van der Waals surface area contributed by atoms with Crippen molar-refractivity contribution in [2.24, 2.45) is 5.92 Å². The molecule has 0 saturated carbocycles. The summed E-state index contributed by atoms with van der Waals surface area (Å²) in [5, 5.41) is 0. The number of allylic oxidation sites excluding steroid dienone is 6. The molecular formula is C16H24N+. The highest BCUT2D eigenvalue weighted by molar-refractivity contribution is 5.86. The molecule has 0 amide bonds. The zero-order valence-corrected chi connectivity index (χ0v) is 11.6. The van der Waals surface area contributed by atoms with Gasteiger partial charge in [0, 0.05) is 6.42 Å². The number of rotatable bonds is 4. The van der Waals surface area contributed by atoms with Gasteiger partial charge in [0.05, 0.1) is 12.8 Å². The maximum Gasteiger partial charge on any atom is 0.177 e. The normalized spacial score (nSPS) is 24.0. The lowest BCUT2D eigenvalue weighted by Gasteiger charge is -2.08. The average molecular weight is 230 g/mol. The van der Waals surface area contributed by atoms with Crippen LogP contribution in [0.25, 0.3) is 0 Å². The van der Waals surface area contributed by atoms with E-state index in [0.29, 0.717) is 5.92 Å². The molecule has 1 heteroatoms. The molecule has 0 aromatic heterocycles. The van der Waals surface area contributed by atoms with Gasteiger partial charge in [0.15, 0.2) is 11.4 Å². The van der Waals surface area contributed by atoms with Crippen molar-refractivity contribution in [3.8, 4) is 0 Å². The van der Waals surface area contributed by atoms with E-state index in [1.165, 1.54) is 12.1 Å². The van der Waals surface area contributed by atoms with Crippen molar-refractivity contribution >= 4 is 5.71 Å². The van der Waals surface area contributed by atoms with Gasteiger partial charge in [-0.3, -0.25) is 0 Å². The molecule has 1 aliphatic carbocycles. The molecule has 2 rings (SSSR count). The van der Waals surface area contributed by atoms with Gasteiger partial charge in [-0.1, -0.05) is 31.6 Å². The molecule has 2 aliphatic rings. The second-order valence-electron chi connectivity index (χ2n) is 5.14. The van der Waals surface area contributed by atoms with E-state index in [1.54, 1.807) is 16.9 Å². The van der Waals surface area contributed by atoms with Crippen LogP contribution in [0.1, 0.15) is 46.5 Å². The van der Waals surface area contributed by atoms with E-state index in [1.807, 2.05) is 0 Å². The topological polar surface area (TPSA) is 3.01 Å². The smallest absolute Gasteiger partial charge is 0.177 e. The number of nitrogens with zero attached hydrogens (tertiary/aromatic N) is 1. The molecule has 1 aliphatic heterocycles. The molecule has 0 bridgehead atoms. The highest BCUT2D eigenvalue weighted by atomic mass is 15.0. The van der Waals surface area contributed by atoms with Crippen molar-refractivity contribution in [1.82, 2.24) is 0 Å². The quantitative estimate of drug-likeness (QED) is 0.640. The highest BCUT2D eigenvalue weighted by Gasteiger charge is 2.24. The van der Waals surface area contributed by atoms with Crippen LogP contribution in [0.15, 0.2) is 35.1 Å². The Labute approximate surface area is 105 Å². The minimum atomic E-state index is 0.691. The molecule has 0 saturated heterocycles. The predicted molar refractivity (Wildman–Crippen MR) is 74.4 cm³/mol. The number of hydrogen-bond acceptors (Lipinski definition) is 0. The van der Waals surface area contributed by atoms with Gasteiger partial charge in [-0.15, -0.1) is 0 Å². The van der Waals surface area contributed by atoms with Crippen LogP contribution in [0, 0.1) is 5.92 Å². The van der Waals surface area contributed by atoms with Crippen LogP contribution in [-0.4, -0.2) is 17.3 Å². The predicted octanol–water partition coefficient (Wildman–Crippen LogP) is 4.07. The van der Waals surface area contributed by atoms with Gasteiger partial charge in [0.1, 0.15) is 7.05 Å². The summed E-state index contributed by atoms with van der Waals surface area (Å²) in [7, 11) is 2.21. The Morgan fingerprint density at radius 2 is 2.12 bits per heavy atom. The van der Waals surface area contributed by atoms with Crippen molar-refractivity contribution in [2.45, 2.75) is 46.5 Å². The van der Waals surface area contributed by atoms with Gasteiger partial charge >= 0.3 is 0 Å². The summed E-state index contributed by atoms with van der Waals surface area (Å²) in [5.41, 5.74) is 6.16. The molecule has 1 atom stereocenters. The van der Waals surface area contributed by atoms with Crippen LogP contribution in [-0.2, 0) is 0 Å². The van der Waals surface area contributed by atoms with Crippen molar-refractivity contribution in [1.29, 1.82) is 0 Å². The van der Waals surface area contributed by atoms with Crippen LogP contribution in [0.2, 0.25) is 0 Å². The van der Waals surface area contributed by atoms with Gasteiger partial charge < -0.3 is 0 Å². The second-order valence-corrected chi connectivity index (χ2v) is 5.14. The third kappa shape index (κ3) is 2.29. The van der Waals surface area contributed by atoms with E-state index >= 15 is 0 Å². The Kier molecular flexibility index (Phi) is 3.66. The van der Waals surface area contributed by atoms with Gasteiger partial charge in [0.25, 0.3) is 0 Å². The first-order chi connectivity index (χ1) is 8.17. The van der Waals surface area contributed by atoms with Gasteiger partial charge in [0.2, 0.25) is 0 Å². The lowest BCUT2D eigenvalue weighted by atomic mass is 9.97.